The summed E-state index contributed by atoms with van der Waals surface area (Å²) in [4.78, 5) is 14.0. The van der Waals surface area contributed by atoms with Crippen LogP contribution in [0.1, 0.15) is 51.0 Å². The number of hydrogen-bond acceptors (Lipinski definition) is 2. The van der Waals surface area contributed by atoms with E-state index in [1.165, 1.54) is 31.2 Å². The van der Waals surface area contributed by atoms with Crippen molar-refractivity contribution in [3.05, 3.63) is 35.9 Å². The lowest BCUT2D eigenvalue weighted by Crippen LogP contribution is -2.44. The minimum atomic E-state index is -0.616. The summed E-state index contributed by atoms with van der Waals surface area (Å²) in [6.45, 7) is 3.21. The van der Waals surface area contributed by atoms with Crippen molar-refractivity contribution in [1.82, 2.24) is 4.90 Å². The van der Waals surface area contributed by atoms with Gasteiger partial charge in [-0.2, -0.15) is 0 Å². The quantitative estimate of drug-likeness (QED) is 0.863. The van der Waals surface area contributed by atoms with Crippen LogP contribution in [-0.4, -0.2) is 34.6 Å². The first-order chi connectivity index (χ1) is 11.1. The standard InChI is InChI=1S/C20H29NO2/c1-15(11-12-16-7-3-2-4-8-16)14-21-18-10-6-5-9-17(18)13-19(21)20(22)23/h2-4,7-8,15,17-19H,5-6,9-14H2,1H3,(H,22,23). The predicted molar refractivity (Wildman–Crippen MR) is 92.4 cm³/mol. The summed E-state index contributed by atoms with van der Waals surface area (Å²) in [5, 5.41) is 9.61. The van der Waals surface area contributed by atoms with Crippen LogP contribution >= 0.6 is 0 Å². The molecule has 3 heteroatoms. The van der Waals surface area contributed by atoms with Gasteiger partial charge in [0.15, 0.2) is 0 Å². The van der Waals surface area contributed by atoms with Crippen molar-refractivity contribution >= 4 is 5.97 Å². The van der Waals surface area contributed by atoms with Gasteiger partial charge in [0.25, 0.3) is 0 Å². The molecule has 2 fully saturated rings. The van der Waals surface area contributed by atoms with Gasteiger partial charge in [-0.1, -0.05) is 50.1 Å². The average molecular weight is 315 g/mol. The van der Waals surface area contributed by atoms with Gasteiger partial charge < -0.3 is 5.11 Å². The molecule has 1 aromatic rings. The smallest absolute Gasteiger partial charge is 0.320 e. The summed E-state index contributed by atoms with van der Waals surface area (Å²) in [7, 11) is 0. The number of rotatable bonds is 6. The van der Waals surface area contributed by atoms with Crippen molar-refractivity contribution in [2.45, 2.75) is 64.0 Å². The molecule has 4 unspecified atom stereocenters. The van der Waals surface area contributed by atoms with Crippen molar-refractivity contribution in [2.75, 3.05) is 6.54 Å². The lowest BCUT2D eigenvalue weighted by atomic mass is 9.84. The fourth-order valence-corrected chi connectivity index (χ4v) is 4.57. The van der Waals surface area contributed by atoms with E-state index in [1.54, 1.807) is 0 Å². The van der Waals surface area contributed by atoms with E-state index in [4.69, 9.17) is 0 Å². The van der Waals surface area contributed by atoms with Gasteiger partial charge in [0.1, 0.15) is 6.04 Å². The molecule has 0 radical (unpaired) electrons. The Morgan fingerprint density at radius 2 is 2.00 bits per heavy atom. The summed E-state index contributed by atoms with van der Waals surface area (Å²) < 4.78 is 0. The van der Waals surface area contributed by atoms with Crippen molar-refractivity contribution in [3.8, 4) is 0 Å². The molecule has 1 aliphatic carbocycles. The summed E-state index contributed by atoms with van der Waals surface area (Å²) >= 11 is 0. The van der Waals surface area contributed by atoms with Crippen LogP contribution in [0.15, 0.2) is 30.3 Å². The molecule has 0 amide bonds. The van der Waals surface area contributed by atoms with E-state index in [0.717, 1.165) is 25.8 Å². The van der Waals surface area contributed by atoms with Crippen LogP contribution in [0.3, 0.4) is 0 Å². The summed E-state index contributed by atoms with van der Waals surface area (Å²) in [6, 6.07) is 10.9. The van der Waals surface area contributed by atoms with E-state index in [9.17, 15) is 9.90 Å². The van der Waals surface area contributed by atoms with Gasteiger partial charge in [0.2, 0.25) is 0 Å². The molecule has 0 bridgehead atoms. The molecule has 2 aliphatic rings. The topological polar surface area (TPSA) is 40.5 Å². The van der Waals surface area contributed by atoms with Crippen molar-refractivity contribution in [3.63, 3.8) is 0 Å². The molecule has 126 valence electrons. The molecule has 0 aromatic heterocycles. The average Bonchev–Trinajstić information content (AvgIpc) is 2.93. The number of hydrogen-bond donors (Lipinski definition) is 1. The fraction of sp³-hybridized carbons (Fsp3) is 0.650. The second-order valence-electron chi connectivity index (χ2n) is 7.53. The van der Waals surface area contributed by atoms with Crippen molar-refractivity contribution in [1.29, 1.82) is 0 Å². The number of fused-ring (bicyclic) bond motifs is 1. The third-order valence-electron chi connectivity index (χ3n) is 5.80. The van der Waals surface area contributed by atoms with Gasteiger partial charge in [-0.05, 0) is 49.5 Å². The first kappa shape index (κ1) is 16.5. The van der Waals surface area contributed by atoms with Crippen LogP contribution < -0.4 is 0 Å². The fourth-order valence-electron chi connectivity index (χ4n) is 4.57. The number of carbonyl (C=O) groups is 1. The zero-order valence-corrected chi connectivity index (χ0v) is 14.2. The Balaban J connectivity index is 1.58. The van der Waals surface area contributed by atoms with E-state index in [0.29, 0.717) is 17.9 Å². The second kappa shape index (κ2) is 7.48. The number of aliphatic carboxylic acids is 1. The van der Waals surface area contributed by atoms with E-state index in [-0.39, 0.29) is 6.04 Å². The number of nitrogens with zero attached hydrogens (tertiary/aromatic N) is 1. The molecule has 1 heterocycles. The Morgan fingerprint density at radius 3 is 2.74 bits per heavy atom. The van der Waals surface area contributed by atoms with Crippen LogP contribution in [0.2, 0.25) is 0 Å². The Labute approximate surface area is 139 Å². The van der Waals surface area contributed by atoms with Gasteiger partial charge in [-0.3, -0.25) is 9.69 Å². The monoisotopic (exact) mass is 315 g/mol. The number of likely N-dealkylation sites (tertiary alicyclic amines) is 1. The maximum Gasteiger partial charge on any atom is 0.320 e. The molecule has 1 saturated heterocycles. The van der Waals surface area contributed by atoms with Crippen molar-refractivity contribution in [2.24, 2.45) is 11.8 Å². The number of aryl methyl sites for hydroxylation is 1. The Morgan fingerprint density at radius 1 is 1.26 bits per heavy atom. The van der Waals surface area contributed by atoms with E-state index < -0.39 is 5.97 Å². The van der Waals surface area contributed by atoms with Gasteiger partial charge in [0, 0.05) is 12.6 Å². The van der Waals surface area contributed by atoms with Gasteiger partial charge in [0.05, 0.1) is 0 Å². The maximum atomic E-state index is 11.7. The number of carboxylic acid groups (broad SMARTS) is 1. The lowest BCUT2D eigenvalue weighted by Gasteiger charge is -2.34. The first-order valence-corrected chi connectivity index (χ1v) is 9.17. The van der Waals surface area contributed by atoms with E-state index in [2.05, 4.69) is 42.2 Å². The molecule has 0 spiro atoms. The zero-order chi connectivity index (χ0) is 16.2. The molecule has 1 aliphatic heterocycles. The highest BCUT2D eigenvalue weighted by Crippen LogP contribution is 2.40. The molecule has 1 aromatic carbocycles. The van der Waals surface area contributed by atoms with Crippen molar-refractivity contribution < 1.29 is 9.90 Å². The molecular formula is C20H29NO2. The largest absolute Gasteiger partial charge is 0.480 e. The SMILES string of the molecule is CC(CCc1ccccc1)CN1C(C(=O)O)CC2CCCCC21. The highest BCUT2D eigenvalue weighted by Gasteiger charge is 2.45. The molecule has 1 N–H and O–H groups in total. The van der Waals surface area contributed by atoms with Crippen LogP contribution in [-0.2, 0) is 11.2 Å². The molecular weight excluding hydrogens is 286 g/mol. The van der Waals surface area contributed by atoms with Crippen LogP contribution in [0.5, 0.6) is 0 Å². The highest BCUT2D eigenvalue weighted by molar-refractivity contribution is 5.74. The summed E-state index contributed by atoms with van der Waals surface area (Å²) in [6.07, 6.45) is 8.05. The molecule has 4 atom stereocenters. The van der Waals surface area contributed by atoms with Crippen LogP contribution in [0.4, 0.5) is 0 Å². The van der Waals surface area contributed by atoms with Gasteiger partial charge in [-0.25, -0.2) is 0 Å². The maximum absolute atomic E-state index is 11.7. The number of carboxylic acids is 1. The minimum absolute atomic E-state index is 0.248. The summed E-state index contributed by atoms with van der Waals surface area (Å²) in [5.74, 6) is 0.540. The van der Waals surface area contributed by atoms with E-state index >= 15 is 0 Å². The summed E-state index contributed by atoms with van der Waals surface area (Å²) in [5.41, 5.74) is 1.38. The lowest BCUT2D eigenvalue weighted by molar-refractivity contribution is -0.142. The Hall–Kier alpha value is -1.35. The normalized spacial score (nSPS) is 29.2. The van der Waals surface area contributed by atoms with Crippen LogP contribution in [0.25, 0.3) is 0 Å². The Kier molecular flexibility index (Phi) is 5.37. The third kappa shape index (κ3) is 3.95. The Bertz CT molecular complexity index is 516. The highest BCUT2D eigenvalue weighted by atomic mass is 16.4. The predicted octanol–water partition coefficient (Wildman–Crippen LogP) is 3.97. The third-order valence-corrected chi connectivity index (χ3v) is 5.80. The molecule has 1 saturated carbocycles. The van der Waals surface area contributed by atoms with Gasteiger partial charge >= 0.3 is 5.97 Å². The first-order valence-electron chi connectivity index (χ1n) is 9.17. The zero-order valence-electron chi connectivity index (χ0n) is 14.2. The number of benzene rings is 1. The molecule has 3 nitrogen and oxygen atoms in total. The minimum Gasteiger partial charge on any atom is -0.480 e. The molecule has 23 heavy (non-hydrogen) atoms. The van der Waals surface area contributed by atoms with E-state index in [1.807, 2.05) is 0 Å². The van der Waals surface area contributed by atoms with Crippen LogP contribution in [0, 0.1) is 11.8 Å². The second-order valence-corrected chi connectivity index (χ2v) is 7.53. The molecule has 3 rings (SSSR count). The van der Waals surface area contributed by atoms with Gasteiger partial charge in [-0.15, -0.1) is 0 Å².